The van der Waals surface area contributed by atoms with E-state index in [0.717, 1.165) is 23.3 Å². The van der Waals surface area contributed by atoms with Gasteiger partial charge in [-0.1, -0.05) is 51.1 Å². The van der Waals surface area contributed by atoms with Crippen LogP contribution < -0.4 is 5.48 Å². The first-order valence-electron chi connectivity index (χ1n) is 9.63. The third-order valence-electron chi connectivity index (χ3n) is 5.54. The first-order chi connectivity index (χ1) is 13.7. The molecule has 4 nitrogen and oxygen atoms in total. The molecule has 0 saturated heterocycles. The van der Waals surface area contributed by atoms with Crippen LogP contribution in [0.2, 0.25) is 18.1 Å². The van der Waals surface area contributed by atoms with Gasteiger partial charge in [0.25, 0.3) is 0 Å². The molecule has 0 aliphatic rings. The fourth-order valence-electron chi connectivity index (χ4n) is 2.74. The second-order valence-electron chi connectivity index (χ2n) is 8.81. The van der Waals surface area contributed by atoms with Gasteiger partial charge < -0.3 is 4.43 Å². The number of carbonyl (C=O) groups excluding carboxylic acids is 1. The van der Waals surface area contributed by atoms with E-state index < -0.39 is 32.1 Å². The first kappa shape index (κ1) is 24.1. The van der Waals surface area contributed by atoms with Crippen molar-refractivity contribution < 1.29 is 27.6 Å². The molecule has 2 N–H and O–H groups in total. The number of halogens is 3. The molecule has 0 aliphatic carbocycles. The van der Waals surface area contributed by atoms with Crippen LogP contribution in [0.3, 0.4) is 0 Å². The van der Waals surface area contributed by atoms with Gasteiger partial charge in [-0.25, -0.2) is 5.48 Å². The lowest BCUT2D eigenvalue weighted by molar-refractivity contribution is -0.137. The summed E-state index contributed by atoms with van der Waals surface area (Å²) in [4.78, 5) is 11.9. The Morgan fingerprint density at radius 3 is 2.17 bits per heavy atom. The van der Waals surface area contributed by atoms with Gasteiger partial charge in [0.1, 0.15) is 0 Å². The van der Waals surface area contributed by atoms with Crippen molar-refractivity contribution in [1.82, 2.24) is 5.48 Å². The summed E-state index contributed by atoms with van der Waals surface area (Å²) in [6, 6.07) is 12.1. The van der Waals surface area contributed by atoms with Gasteiger partial charge in [-0.2, -0.15) is 13.2 Å². The van der Waals surface area contributed by atoms with Crippen LogP contribution in [0, 0.1) is 0 Å². The highest BCUT2D eigenvalue weighted by Crippen LogP contribution is 2.41. The average molecular weight is 440 g/mol. The molecule has 0 saturated carbocycles. The predicted molar refractivity (Wildman–Crippen MR) is 112 cm³/mol. The molecule has 2 aromatic carbocycles. The van der Waals surface area contributed by atoms with Crippen molar-refractivity contribution in [1.29, 1.82) is 0 Å². The van der Waals surface area contributed by atoms with Crippen molar-refractivity contribution in [2.24, 2.45) is 0 Å². The molecule has 0 aliphatic heterocycles. The Labute approximate surface area is 176 Å². The third-order valence-corrected chi connectivity index (χ3v) is 10.0. The lowest BCUT2D eigenvalue weighted by Gasteiger charge is -2.39. The average Bonchev–Trinajstić information content (AvgIpc) is 2.66. The number of hydrogen-bond donors (Lipinski definition) is 2. The van der Waals surface area contributed by atoms with Crippen LogP contribution in [-0.4, -0.2) is 19.4 Å². The molecular weight excluding hydrogens is 411 g/mol. The number of benzene rings is 2. The van der Waals surface area contributed by atoms with Crippen molar-refractivity contribution in [3.8, 4) is 11.1 Å². The quantitative estimate of drug-likeness (QED) is 0.314. The maximum absolute atomic E-state index is 12.8. The molecule has 1 unspecified atom stereocenters. The zero-order chi connectivity index (χ0) is 22.7. The van der Waals surface area contributed by atoms with Gasteiger partial charge in [-0.3, -0.25) is 10.0 Å². The standard InChI is InChI=1S/C22H28F3NO3Si/c1-21(2,3)30(4,5)29-19(14-20(27)26-28)17-8-6-7-16(13-17)15-9-11-18(12-10-15)22(23,24)25/h6-13,19,28H,14H2,1-5H3,(H,26,27). The van der Waals surface area contributed by atoms with Gasteiger partial charge in [0.05, 0.1) is 18.1 Å². The van der Waals surface area contributed by atoms with E-state index in [9.17, 15) is 18.0 Å². The minimum atomic E-state index is -4.39. The summed E-state index contributed by atoms with van der Waals surface area (Å²) >= 11 is 0. The highest BCUT2D eigenvalue weighted by Gasteiger charge is 2.40. The molecule has 2 rings (SSSR count). The van der Waals surface area contributed by atoms with E-state index in [2.05, 4.69) is 33.9 Å². The number of amides is 1. The maximum atomic E-state index is 12.8. The third kappa shape index (κ3) is 5.93. The molecule has 0 bridgehead atoms. The van der Waals surface area contributed by atoms with Crippen LogP contribution in [0.5, 0.6) is 0 Å². The molecule has 1 atom stereocenters. The summed E-state index contributed by atoms with van der Waals surface area (Å²) in [5.74, 6) is -0.571. The molecule has 8 heteroatoms. The second-order valence-corrected chi connectivity index (χ2v) is 13.6. The summed E-state index contributed by atoms with van der Waals surface area (Å²) in [5.41, 5.74) is 3.01. The molecule has 2 aromatic rings. The van der Waals surface area contributed by atoms with Crippen molar-refractivity contribution in [2.75, 3.05) is 0 Å². The molecule has 0 aromatic heterocycles. The van der Waals surface area contributed by atoms with Crippen LogP contribution in [0.25, 0.3) is 11.1 Å². The number of alkyl halides is 3. The molecule has 0 spiro atoms. The molecular formula is C22H28F3NO3Si. The van der Waals surface area contributed by atoms with Crippen LogP contribution in [0.1, 0.15) is 44.4 Å². The topological polar surface area (TPSA) is 58.6 Å². The number of carbonyl (C=O) groups is 1. The second kappa shape index (κ2) is 8.91. The molecule has 0 radical (unpaired) electrons. The summed E-state index contributed by atoms with van der Waals surface area (Å²) in [6.07, 6.45) is -5.05. The van der Waals surface area contributed by atoms with E-state index >= 15 is 0 Å². The lowest BCUT2D eigenvalue weighted by Crippen LogP contribution is -2.42. The van der Waals surface area contributed by atoms with Crippen LogP contribution in [0.4, 0.5) is 13.2 Å². The van der Waals surface area contributed by atoms with Gasteiger partial charge in [-0.05, 0) is 53.0 Å². The minimum absolute atomic E-state index is 0.0700. The molecule has 164 valence electrons. The highest BCUT2D eigenvalue weighted by atomic mass is 28.4. The summed E-state index contributed by atoms with van der Waals surface area (Å²) in [7, 11) is -2.24. The monoisotopic (exact) mass is 439 g/mol. The molecule has 30 heavy (non-hydrogen) atoms. The SMILES string of the molecule is CC(C)(C)[Si](C)(C)OC(CC(=O)NO)c1cccc(-c2ccc(C(F)(F)F)cc2)c1. The summed E-state index contributed by atoms with van der Waals surface area (Å²) in [6.45, 7) is 10.4. The zero-order valence-electron chi connectivity index (χ0n) is 17.8. The van der Waals surface area contributed by atoms with Crippen molar-refractivity contribution >= 4 is 14.2 Å². The lowest BCUT2D eigenvalue weighted by atomic mass is 9.98. The Bertz CT molecular complexity index is 874. The Morgan fingerprint density at radius 2 is 1.67 bits per heavy atom. The maximum Gasteiger partial charge on any atom is 0.416 e. The van der Waals surface area contributed by atoms with E-state index in [1.807, 2.05) is 12.1 Å². The van der Waals surface area contributed by atoms with Crippen LogP contribution >= 0.6 is 0 Å². The number of hydrogen-bond acceptors (Lipinski definition) is 3. The molecule has 0 fully saturated rings. The smallest absolute Gasteiger partial charge is 0.409 e. The highest BCUT2D eigenvalue weighted by molar-refractivity contribution is 6.74. The van der Waals surface area contributed by atoms with Gasteiger partial charge in [-0.15, -0.1) is 0 Å². The van der Waals surface area contributed by atoms with Crippen molar-refractivity contribution in [3.05, 3.63) is 59.7 Å². The Kier molecular flexibility index (Phi) is 7.16. The van der Waals surface area contributed by atoms with E-state index in [1.165, 1.54) is 12.1 Å². The molecule has 1 amide bonds. The van der Waals surface area contributed by atoms with E-state index in [4.69, 9.17) is 9.63 Å². The van der Waals surface area contributed by atoms with Crippen molar-refractivity contribution in [2.45, 2.75) is 57.6 Å². The molecule has 0 heterocycles. The largest absolute Gasteiger partial charge is 0.416 e. The summed E-state index contributed by atoms with van der Waals surface area (Å²) in [5, 5.41) is 8.89. The summed E-state index contributed by atoms with van der Waals surface area (Å²) < 4.78 is 44.9. The van der Waals surface area contributed by atoms with E-state index in [-0.39, 0.29) is 11.5 Å². The van der Waals surface area contributed by atoms with E-state index in [1.54, 1.807) is 17.6 Å². The van der Waals surface area contributed by atoms with Gasteiger partial charge in [0.2, 0.25) is 5.91 Å². The Morgan fingerprint density at radius 1 is 1.07 bits per heavy atom. The Balaban J connectivity index is 2.39. The minimum Gasteiger partial charge on any atom is -0.409 e. The van der Waals surface area contributed by atoms with Gasteiger partial charge in [0, 0.05) is 0 Å². The number of nitrogens with one attached hydrogen (secondary N) is 1. The van der Waals surface area contributed by atoms with Crippen molar-refractivity contribution in [3.63, 3.8) is 0 Å². The number of hydroxylamine groups is 1. The van der Waals surface area contributed by atoms with E-state index in [0.29, 0.717) is 5.56 Å². The predicted octanol–water partition coefficient (Wildman–Crippen LogP) is 6.33. The van der Waals surface area contributed by atoms with Gasteiger partial charge >= 0.3 is 6.18 Å². The fraction of sp³-hybridized carbons (Fsp3) is 0.409. The zero-order valence-corrected chi connectivity index (χ0v) is 18.8. The fourth-order valence-corrected chi connectivity index (χ4v) is 4.03. The normalized spacial score (nSPS) is 13.8. The van der Waals surface area contributed by atoms with Crippen LogP contribution in [-0.2, 0) is 15.4 Å². The first-order valence-corrected chi connectivity index (χ1v) is 12.5. The van der Waals surface area contributed by atoms with Crippen LogP contribution in [0.15, 0.2) is 48.5 Å². The Hall–Kier alpha value is -2.16. The number of rotatable bonds is 6. The van der Waals surface area contributed by atoms with Gasteiger partial charge in [0.15, 0.2) is 8.32 Å².